The molecular formula is C20H20FN3O2S. The average Bonchev–Trinajstić information content (AvgIpc) is 2.66. The van der Waals surface area contributed by atoms with E-state index in [1.54, 1.807) is 55.3 Å². The first-order valence-electron chi connectivity index (χ1n) is 8.37. The Bertz CT molecular complexity index is 929. The summed E-state index contributed by atoms with van der Waals surface area (Å²) in [6.45, 7) is 1.79. The molecule has 7 heteroatoms. The SMILES string of the molecule is COc1ccccc1NC(=O)C1=C(C)N(C)C(=S)NC1c1ccccc1F. The summed E-state index contributed by atoms with van der Waals surface area (Å²) in [7, 11) is 3.30. The van der Waals surface area contributed by atoms with Gasteiger partial charge in [0.15, 0.2) is 5.11 Å². The smallest absolute Gasteiger partial charge is 0.255 e. The Labute approximate surface area is 162 Å². The Kier molecular flexibility index (Phi) is 5.41. The van der Waals surface area contributed by atoms with Gasteiger partial charge in [-0.05, 0) is 37.3 Å². The van der Waals surface area contributed by atoms with Crippen LogP contribution in [0.25, 0.3) is 0 Å². The van der Waals surface area contributed by atoms with E-state index in [9.17, 15) is 9.18 Å². The van der Waals surface area contributed by atoms with Crippen molar-refractivity contribution in [2.45, 2.75) is 13.0 Å². The molecule has 2 aromatic carbocycles. The van der Waals surface area contributed by atoms with Gasteiger partial charge in [0, 0.05) is 18.3 Å². The number of methoxy groups -OCH3 is 1. The van der Waals surface area contributed by atoms with Gasteiger partial charge in [-0.15, -0.1) is 0 Å². The van der Waals surface area contributed by atoms with Crippen LogP contribution < -0.4 is 15.4 Å². The average molecular weight is 385 g/mol. The van der Waals surface area contributed by atoms with Crippen molar-refractivity contribution in [3.05, 3.63) is 71.2 Å². The van der Waals surface area contributed by atoms with E-state index in [2.05, 4.69) is 10.6 Å². The zero-order valence-electron chi connectivity index (χ0n) is 15.2. The van der Waals surface area contributed by atoms with E-state index in [1.165, 1.54) is 13.2 Å². The van der Waals surface area contributed by atoms with Crippen molar-refractivity contribution in [2.24, 2.45) is 0 Å². The second kappa shape index (κ2) is 7.75. The number of halogens is 1. The van der Waals surface area contributed by atoms with Crippen LogP contribution in [0.1, 0.15) is 18.5 Å². The van der Waals surface area contributed by atoms with Crippen LogP contribution in [0.2, 0.25) is 0 Å². The van der Waals surface area contributed by atoms with Crippen molar-refractivity contribution < 1.29 is 13.9 Å². The molecule has 0 aromatic heterocycles. The molecule has 140 valence electrons. The lowest BCUT2D eigenvalue weighted by Gasteiger charge is -2.35. The van der Waals surface area contributed by atoms with E-state index in [0.717, 1.165) is 0 Å². The molecule has 0 fully saturated rings. The van der Waals surface area contributed by atoms with E-state index < -0.39 is 11.9 Å². The number of carbonyl (C=O) groups is 1. The van der Waals surface area contributed by atoms with Crippen LogP contribution in [-0.2, 0) is 4.79 Å². The lowest BCUT2D eigenvalue weighted by molar-refractivity contribution is -0.113. The standard InChI is InChI=1S/C20H20FN3O2S/c1-12-17(19(25)22-15-10-6-7-11-16(15)26-3)18(23-20(27)24(12)2)13-8-4-5-9-14(13)21/h4-11,18H,1-3H3,(H,22,25)(H,23,27). The zero-order valence-corrected chi connectivity index (χ0v) is 16.1. The van der Waals surface area contributed by atoms with Crippen molar-refractivity contribution in [2.75, 3.05) is 19.5 Å². The molecule has 1 aliphatic rings. The molecule has 2 aromatic rings. The van der Waals surface area contributed by atoms with E-state index in [4.69, 9.17) is 17.0 Å². The lowest BCUT2D eigenvalue weighted by Crippen LogP contribution is -2.46. The van der Waals surface area contributed by atoms with Gasteiger partial charge >= 0.3 is 0 Å². The molecule has 0 spiro atoms. The Morgan fingerprint density at radius 3 is 2.59 bits per heavy atom. The number of benzene rings is 2. The number of nitrogens with one attached hydrogen (secondary N) is 2. The normalized spacial score (nSPS) is 16.8. The molecular weight excluding hydrogens is 365 g/mol. The first-order chi connectivity index (χ1) is 12.9. The highest BCUT2D eigenvalue weighted by Crippen LogP contribution is 2.33. The van der Waals surface area contributed by atoms with Crippen LogP contribution >= 0.6 is 12.2 Å². The molecule has 0 saturated heterocycles. The maximum absolute atomic E-state index is 14.4. The molecule has 0 aliphatic carbocycles. The predicted molar refractivity (Wildman–Crippen MR) is 107 cm³/mol. The zero-order chi connectivity index (χ0) is 19.6. The summed E-state index contributed by atoms with van der Waals surface area (Å²) in [4.78, 5) is 14.8. The first kappa shape index (κ1) is 18.8. The molecule has 0 radical (unpaired) electrons. The Morgan fingerprint density at radius 1 is 1.22 bits per heavy atom. The van der Waals surface area contributed by atoms with Gasteiger partial charge in [0.2, 0.25) is 0 Å². The number of thiocarbonyl (C=S) groups is 1. The minimum absolute atomic E-state index is 0.355. The Balaban J connectivity index is 2.04. The third kappa shape index (κ3) is 3.64. The fourth-order valence-electron chi connectivity index (χ4n) is 3.01. The molecule has 0 saturated carbocycles. The predicted octanol–water partition coefficient (Wildman–Crippen LogP) is 3.61. The molecule has 1 unspecified atom stereocenters. The van der Waals surface area contributed by atoms with Crippen molar-refractivity contribution in [1.29, 1.82) is 0 Å². The Morgan fingerprint density at radius 2 is 1.89 bits per heavy atom. The van der Waals surface area contributed by atoms with Crippen LogP contribution in [-0.4, -0.2) is 30.1 Å². The van der Waals surface area contributed by atoms with Crippen molar-refractivity contribution in [3.8, 4) is 5.75 Å². The summed E-state index contributed by atoms with van der Waals surface area (Å²) >= 11 is 5.34. The fraction of sp³-hybridized carbons (Fsp3) is 0.200. The molecule has 1 aliphatic heterocycles. The van der Waals surface area contributed by atoms with E-state index in [-0.39, 0.29) is 5.91 Å². The van der Waals surface area contributed by atoms with E-state index in [1.807, 2.05) is 6.07 Å². The highest BCUT2D eigenvalue weighted by molar-refractivity contribution is 7.80. The van der Waals surface area contributed by atoms with Crippen LogP contribution in [0.5, 0.6) is 5.75 Å². The van der Waals surface area contributed by atoms with Crippen molar-refractivity contribution >= 4 is 28.9 Å². The topological polar surface area (TPSA) is 53.6 Å². The molecule has 27 heavy (non-hydrogen) atoms. The van der Waals surface area contributed by atoms with Crippen LogP contribution in [0.15, 0.2) is 59.8 Å². The number of amides is 1. The van der Waals surface area contributed by atoms with Crippen LogP contribution in [0.4, 0.5) is 10.1 Å². The number of anilines is 1. The summed E-state index contributed by atoms with van der Waals surface area (Å²) in [5, 5.41) is 6.35. The molecule has 0 bridgehead atoms. The van der Waals surface area contributed by atoms with Gasteiger partial charge in [-0.25, -0.2) is 4.39 Å². The van der Waals surface area contributed by atoms with Gasteiger partial charge < -0.3 is 20.3 Å². The number of para-hydroxylation sites is 2. The molecule has 1 amide bonds. The maximum atomic E-state index is 14.4. The van der Waals surface area contributed by atoms with Gasteiger partial charge in [-0.1, -0.05) is 30.3 Å². The van der Waals surface area contributed by atoms with Gasteiger partial charge in [-0.2, -0.15) is 0 Å². The fourth-order valence-corrected chi connectivity index (χ4v) is 3.26. The minimum Gasteiger partial charge on any atom is -0.495 e. The van der Waals surface area contributed by atoms with Gasteiger partial charge in [0.05, 0.1) is 24.4 Å². The van der Waals surface area contributed by atoms with Gasteiger partial charge in [0.1, 0.15) is 11.6 Å². The molecule has 2 N–H and O–H groups in total. The van der Waals surface area contributed by atoms with Crippen molar-refractivity contribution in [3.63, 3.8) is 0 Å². The van der Waals surface area contributed by atoms with Crippen LogP contribution in [0, 0.1) is 5.82 Å². The van der Waals surface area contributed by atoms with E-state index >= 15 is 0 Å². The van der Waals surface area contributed by atoms with Crippen LogP contribution in [0.3, 0.4) is 0 Å². The largest absolute Gasteiger partial charge is 0.495 e. The lowest BCUT2D eigenvalue weighted by atomic mass is 9.94. The minimum atomic E-state index is -0.690. The number of hydrogen-bond acceptors (Lipinski definition) is 3. The molecule has 3 rings (SSSR count). The highest BCUT2D eigenvalue weighted by Gasteiger charge is 2.34. The summed E-state index contributed by atoms with van der Waals surface area (Å²) < 4.78 is 19.7. The summed E-state index contributed by atoms with van der Waals surface area (Å²) in [6.07, 6.45) is 0. The number of ether oxygens (including phenoxy) is 1. The van der Waals surface area contributed by atoms with Gasteiger partial charge in [-0.3, -0.25) is 4.79 Å². The number of rotatable bonds is 4. The Hall–Kier alpha value is -2.93. The number of carbonyl (C=O) groups excluding carboxylic acids is 1. The number of hydrogen-bond donors (Lipinski definition) is 2. The van der Waals surface area contributed by atoms with E-state index in [0.29, 0.717) is 33.4 Å². The van der Waals surface area contributed by atoms with Crippen molar-refractivity contribution in [1.82, 2.24) is 10.2 Å². The maximum Gasteiger partial charge on any atom is 0.255 e. The second-order valence-corrected chi connectivity index (χ2v) is 6.50. The summed E-state index contributed by atoms with van der Waals surface area (Å²) in [5.41, 5.74) is 1.94. The second-order valence-electron chi connectivity index (χ2n) is 6.12. The number of allylic oxidation sites excluding steroid dienone is 1. The molecule has 5 nitrogen and oxygen atoms in total. The van der Waals surface area contributed by atoms with Gasteiger partial charge in [0.25, 0.3) is 5.91 Å². The molecule has 1 heterocycles. The highest BCUT2D eigenvalue weighted by atomic mass is 32.1. The molecule has 1 atom stereocenters. The summed E-state index contributed by atoms with van der Waals surface area (Å²) in [5.74, 6) is -0.218. The third-order valence-electron chi connectivity index (χ3n) is 4.57. The summed E-state index contributed by atoms with van der Waals surface area (Å²) in [6, 6.07) is 12.8. The third-order valence-corrected chi connectivity index (χ3v) is 4.96. The quantitative estimate of drug-likeness (QED) is 0.788. The number of nitrogens with zero attached hydrogens (tertiary/aromatic N) is 1. The monoisotopic (exact) mass is 385 g/mol. The first-order valence-corrected chi connectivity index (χ1v) is 8.78.